The van der Waals surface area contributed by atoms with Crippen LogP contribution in [0.5, 0.6) is 0 Å². The second-order valence-electron chi connectivity index (χ2n) is 2.24. The van der Waals surface area contributed by atoms with Gasteiger partial charge in [-0.05, 0) is 17.7 Å². The fourth-order valence-electron chi connectivity index (χ4n) is 0.836. The van der Waals surface area contributed by atoms with Crippen molar-refractivity contribution in [2.24, 2.45) is 5.73 Å². The molecular weight excluding hydrogens is 195 g/mol. The maximum absolute atomic E-state index is 8.61. The van der Waals surface area contributed by atoms with Crippen LogP contribution in [0.3, 0.4) is 0 Å². The fraction of sp³-hybridized carbons (Fsp3) is 0.125. The third kappa shape index (κ3) is 1.70. The third-order valence-corrected chi connectivity index (χ3v) is 2.14. The molecule has 0 unspecified atom stereocenters. The molecule has 0 heterocycles. The number of hydrogen-bond donors (Lipinski definition) is 1. The van der Waals surface area contributed by atoms with E-state index < -0.39 is 0 Å². The molecule has 0 aromatic heterocycles. The van der Waals surface area contributed by atoms with Gasteiger partial charge in [-0.3, -0.25) is 0 Å². The largest absolute Gasteiger partial charge is 0.326 e. The zero-order valence-corrected chi connectivity index (χ0v) is 7.65. The molecule has 1 aromatic rings. The second kappa shape index (κ2) is 3.77. The van der Waals surface area contributed by atoms with Gasteiger partial charge in [0.15, 0.2) is 0 Å². The molecule has 0 spiro atoms. The quantitative estimate of drug-likeness (QED) is 0.757. The zero-order valence-electron chi connectivity index (χ0n) is 6.14. The van der Waals surface area contributed by atoms with E-state index in [0.29, 0.717) is 22.2 Å². The molecule has 0 aliphatic carbocycles. The predicted molar refractivity (Wildman–Crippen MR) is 49.1 cm³/mol. The van der Waals surface area contributed by atoms with Gasteiger partial charge in [0, 0.05) is 11.6 Å². The average molecular weight is 201 g/mol. The van der Waals surface area contributed by atoms with Crippen molar-refractivity contribution in [3.05, 3.63) is 33.3 Å². The maximum atomic E-state index is 8.61. The van der Waals surface area contributed by atoms with Gasteiger partial charge in [-0.2, -0.15) is 5.26 Å². The van der Waals surface area contributed by atoms with Gasteiger partial charge in [0.25, 0.3) is 0 Å². The summed E-state index contributed by atoms with van der Waals surface area (Å²) in [6.07, 6.45) is 0. The Morgan fingerprint density at radius 1 is 1.33 bits per heavy atom. The van der Waals surface area contributed by atoms with Crippen molar-refractivity contribution >= 4 is 23.2 Å². The summed E-state index contributed by atoms with van der Waals surface area (Å²) in [5, 5.41) is 9.47. The van der Waals surface area contributed by atoms with Crippen LogP contribution in [-0.2, 0) is 6.54 Å². The fourth-order valence-corrected chi connectivity index (χ4v) is 1.34. The molecule has 2 nitrogen and oxygen atoms in total. The Hall–Kier alpha value is -0.750. The minimum Gasteiger partial charge on any atom is -0.326 e. The Balaban J connectivity index is 3.30. The standard InChI is InChI=1S/C8H6Cl2N2/c9-7-2-8(10)6(4-12)1-5(7)3-11/h1-2H,3,11H2. The van der Waals surface area contributed by atoms with E-state index in [9.17, 15) is 0 Å². The number of nitrogens with zero attached hydrogens (tertiary/aromatic N) is 1. The highest BCUT2D eigenvalue weighted by Gasteiger charge is 2.04. The number of halogens is 2. The van der Waals surface area contributed by atoms with Crippen LogP contribution in [0.25, 0.3) is 0 Å². The Morgan fingerprint density at radius 3 is 2.50 bits per heavy atom. The summed E-state index contributed by atoms with van der Waals surface area (Å²) in [5.41, 5.74) is 6.53. The zero-order chi connectivity index (χ0) is 9.14. The van der Waals surface area contributed by atoms with Crippen LogP contribution in [0.4, 0.5) is 0 Å². The first-order valence-corrected chi connectivity index (χ1v) is 4.02. The van der Waals surface area contributed by atoms with Crippen molar-refractivity contribution < 1.29 is 0 Å². The van der Waals surface area contributed by atoms with E-state index in [1.807, 2.05) is 6.07 Å². The van der Waals surface area contributed by atoms with Gasteiger partial charge in [-0.25, -0.2) is 0 Å². The van der Waals surface area contributed by atoms with Gasteiger partial charge in [-0.15, -0.1) is 0 Å². The Bertz CT molecular complexity index is 342. The van der Waals surface area contributed by atoms with Crippen molar-refractivity contribution in [2.45, 2.75) is 6.54 Å². The van der Waals surface area contributed by atoms with Crippen LogP contribution in [0.15, 0.2) is 12.1 Å². The first kappa shape index (κ1) is 9.34. The minimum absolute atomic E-state index is 0.310. The van der Waals surface area contributed by atoms with Gasteiger partial charge in [-0.1, -0.05) is 23.2 Å². The van der Waals surface area contributed by atoms with E-state index >= 15 is 0 Å². The van der Waals surface area contributed by atoms with Crippen LogP contribution in [0.2, 0.25) is 10.0 Å². The summed E-state index contributed by atoms with van der Waals surface area (Å²) in [6.45, 7) is 0.310. The molecule has 0 fully saturated rings. The van der Waals surface area contributed by atoms with Crippen LogP contribution in [0, 0.1) is 11.3 Å². The normalized spacial score (nSPS) is 9.50. The molecule has 0 saturated carbocycles. The average Bonchev–Trinajstić information content (AvgIpc) is 2.05. The lowest BCUT2D eigenvalue weighted by atomic mass is 10.1. The molecule has 0 bridgehead atoms. The molecule has 0 saturated heterocycles. The molecule has 1 aromatic carbocycles. The molecule has 0 amide bonds. The molecule has 62 valence electrons. The molecule has 0 atom stereocenters. The second-order valence-corrected chi connectivity index (χ2v) is 3.05. The number of rotatable bonds is 1. The predicted octanol–water partition coefficient (Wildman–Crippen LogP) is 2.32. The van der Waals surface area contributed by atoms with Gasteiger partial charge in [0.05, 0.1) is 10.6 Å². The molecule has 0 aliphatic rings. The number of benzene rings is 1. The number of hydrogen-bond acceptors (Lipinski definition) is 2. The Kier molecular flexibility index (Phi) is 2.93. The lowest BCUT2D eigenvalue weighted by molar-refractivity contribution is 1.07. The summed E-state index contributed by atoms with van der Waals surface area (Å²) < 4.78 is 0. The van der Waals surface area contributed by atoms with Crippen LogP contribution >= 0.6 is 23.2 Å². The van der Waals surface area contributed by atoms with Crippen molar-refractivity contribution in [2.75, 3.05) is 0 Å². The number of nitriles is 1. The monoisotopic (exact) mass is 200 g/mol. The maximum Gasteiger partial charge on any atom is 0.101 e. The Labute approximate surface area is 80.5 Å². The van der Waals surface area contributed by atoms with Crippen LogP contribution in [-0.4, -0.2) is 0 Å². The summed E-state index contributed by atoms with van der Waals surface area (Å²) in [7, 11) is 0. The lowest BCUT2D eigenvalue weighted by Crippen LogP contribution is -1.97. The van der Waals surface area contributed by atoms with Gasteiger partial charge in [0.2, 0.25) is 0 Å². The smallest absolute Gasteiger partial charge is 0.101 e. The summed E-state index contributed by atoms with van der Waals surface area (Å²) >= 11 is 11.5. The van der Waals surface area contributed by atoms with Crippen molar-refractivity contribution in [1.29, 1.82) is 5.26 Å². The highest BCUT2D eigenvalue weighted by atomic mass is 35.5. The van der Waals surface area contributed by atoms with Crippen molar-refractivity contribution in [3.63, 3.8) is 0 Å². The molecule has 4 heteroatoms. The first-order valence-electron chi connectivity index (χ1n) is 3.27. The SMILES string of the molecule is N#Cc1cc(CN)c(Cl)cc1Cl. The van der Waals surface area contributed by atoms with E-state index in [4.69, 9.17) is 34.2 Å². The molecule has 0 radical (unpaired) electrons. The summed E-state index contributed by atoms with van der Waals surface area (Å²) in [5.74, 6) is 0. The Morgan fingerprint density at radius 2 is 2.00 bits per heavy atom. The molecular formula is C8H6Cl2N2. The molecule has 12 heavy (non-hydrogen) atoms. The van der Waals surface area contributed by atoms with E-state index in [1.54, 1.807) is 6.07 Å². The van der Waals surface area contributed by atoms with Crippen LogP contribution < -0.4 is 5.73 Å². The third-order valence-electron chi connectivity index (χ3n) is 1.48. The minimum atomic E-state index is 0.310. The summed E-state index contributed by atoms with van der Waals surface area (Å²) in [6, 6.07) is 5.08. The summed E-state index contributed by atoms with van der Waals surface area (Å²) in [4.78, 5) is 0. The van der Waals surface area contributed by atoms with E-state index in [1.165, 1.54) is 6.07 Å². The van der Waals surface area contributed by atoms with Crippen molar-refractivity contribution in [1.82, 2.24) is 0 Å². The number of nitrogens with two attached hydrogens (primary N) is 1. The van der Waals surface area contributed by atoms with E-state index in [0.717, 1.165) is 5.56 Å². The highest BCUT2D eigenvalue weighted by Crippen LogP contribution is 2.24. The molecule has 1 rings (SSSR count). The van der Waals surface area contributed by atoms with Gasteiger partial charge >= 0.3 is 0 Å². The van der Waals surface area contributed by atoms with E-state index in [-0.39, 0.29) is 0 Å². The topological polar surface area (TPSA) is 49.8 Å². The van der Waals surface area contributed by atoms with E-state index in [2.05, 4.69) is 0 Å². The molecule has 0 aliphatic heterocycles. The highest BCUT2D eigenvalue weighted by molar-refractivity contribution is 6.35. The first-order chi connectivity index (χ1) is 5.69. The lowest BCUT2D eigenvalue weighted by Gasteiger charge is -2.02. The van der Waals surface area contributed by atoms with Gasteiger partial charge in [0.1, 0.15) is 6.07 Å². The van der Waals surface area contributed by atoms with Gasteiger partial charge < -0.3 is 5.73 Å². The van der Waals surface area contributed by atoms with Crippen molar-refractivity contribution in [3.8, 4) is 6.07 Å². The van der Waals surface area contributed by atoms with Crippen LogP contribution in [0.1, 0.15) is 11.1 Å². The molecule has 2 N–H and O–H groups in total.